The minimum absolute atomic E-state index is 0.0632. The molecule has 0 heterocycles. The SMILES string of the molecule is C=CC[C@@H](C)[C@H](O[Si](C)(C)C(C)(C)C)[C@H](C)/C=C(/C)C(=O)OCC. The molecule has 0 spiro atoms. The maximum Gasteiger partial charge on any atom is 0.333 e. The number of rotatable bonds is 9. The average molecular weight is 355 g/mol. The monoisotopic (exact) mass is 354 g/mol. The van der Waals surface area contributed by atoms with Crippen LogP contribution in [-0.4, -0.2) is 27.0 Å². The Kier molecular flexibility index (Phi) is 9.22. The van der Waals surface area contributed by atoms with Gasteiger partial charge in [0.2, 0.25) is 0 Å². The maximum atomic E-state index is 11.9. The van der Waals surface area contributed by atoms with Crippen molar-refractivity contribution in [3.63, 3.8) is 0 Å². The van der Waals surface area contributed by atoms with E-state index in [0.29, 0.717) is 18.1 Å². The van der Waals surface area contributed by atoms with Crippen molar-refractivity contribution in [2.75, 3.05) is 6.61 Å². The van der Waals surface area contributed by atoms with E-state index in [0.717, 1.165) is 6.42 Å². The highest BCUT2D eigenvalue weighted by Crippen LogP contribution is 2.39. The van der Waals surface area contributed by atoms with Crippen LogP contribution in [0.3, 0.4) is 0 Å². The van der Waals surface area contributed by atoms with Crippen molar-refractivity contribution in [1.82, 2.24) is 0 Å². The van der Waals surface area contributed by atoms with Crippen molar-refractivity contribution in [3.05, 3.63) is 24.3 Å². The summed E-state index contributed by atoms with van der Waals surface area (Å²) in [6.07, 6.45) is 4.90. The topological polar surface area (TPSA) is 35.5 Å². The third kappa shape index (κ3) is 6.94. The molecule has 0 saturated carbocycles. The van der Waals surface area contributed by atoms with Gasteiger partial charge in [0.25, 0.3) is 0 Å². The predicted molar refractivity (Wildman–Crippen MR) is 106 cm³/mol. The Hall–Kier alpha value is -0.873. The second kappa shape index (κ2) is 9.57. The Morgan fingerprint density at radius 2 is 1.79 bits per heavy atom. The standard InChI is InChI=1S/C20H38O3Si/c1-11-13-15(3)18(23-24(9,10)20(6,7)8)16(4)14-17(5)19(21)22-12-2/h11,14-16,18H,1,12-13H2,2-10H3/b17-14-/t15-,16-,18+/m1/s1. The maximum absolute atomic E-state index is 11.9. The predicted octanol–water partition coefficient (Wildman–Crippen LogP) is 5.73. The van der Waals surface area contributed by atoms with Crippen molar-refractivity contribution in [3.8, 4) is 0 Å². The van der Waals surface area contributed by atoms with Gasteiger partial charge in [-0.15, -0.1) is 6.58 Å². The highest BCUT2D eigenvalue weighted by atomic mass is 28.4. The van der Waals surface area contributed by atoms with E-state index in [9.17, 15) is 4.79 Å². The van der Waals surface area contributed by atoms with E-state index >= 15 is 0 Å². The summed E-state index contributed by atoms with van der Waals surface area (Å²) in [5, 5.41) is 0.152. The lowest BCUT2D eigenvalue weighted by molar-refractivity contribution is -0.138. The molecule has 0 rings (SSSR count). The van der Waals surface area contributed by atoms with Crippen LogP contribution in [0.15, 0.2) is 24.3 Å². The molecular weight excluding hydrogens is 316 g/mol. The second-order valence-electron chi connectivity index (χ2n) is 8.27. The fourth-order valence-corrected chi connectivity index (χ4v) is 3.94. The number of carbonyl (C=O) groups is 1. The van der Waals surface area contributed by atoms with Gasteiger partial charge in [0.05, 0.1) is 12.7 Å². The molecule has 4 heteroatoms. The Morgan fingerprint density at radius 3 is 2.21 bits per heavy atom. The normalized spacial score (nSPS) is 17.1. The van der Waals surface area contributed by atoms with Crippen LogP contribution in [0.25, 0.3) is 0 Å². The van der Waals surface area contributed by atoms with E-state index in [1.54, 1.807) is 0 Å². The molecule has 0 aromatic carbocycles. The van der Waals surface area contributed by atoms with E-state index in [-0.39, 0.29) is 23.0 Å². The molecular formula is C20H38O3Si. The summed E-state index contributed by atoms with van der Waals surface area (Å²) in [4.78, 5) is 11.9. The van der Waals surface area contributed by atoms with Crippen molar-refractivity contribution in [1.29, 1.82) is 0 Å². The minimum atomic E-state index is -1.90. The van der Waals surface area contributed by atoms with Crippen molar-refractivity contribution >= 4 is 14.3 Å². The first-order valence-corrected chi connectivity index (χ1v) is 11.9. The molecule has 0 amide bonds. The fraction of sp³-hybridized carbons (Fsp3) is 0.750. The zero-order valence-corrected chi connectivity index (χ0v) is 18.2. The summed E-state index contributed by atoms with van der Waals surface area (Å²) >= 11 is 0. The van der Waals surface area contributed by atoms with Crippen molar-refractivity contribution < 1.29 is 14.0 Å². The highest BCUT2D eigenvalue weighted by Gasteiger charge is 2.41. The first-order chi connectivity index (χ1) is 10.9. The van der Waals surface area contributed by atoms with Gasteiger partial charge in [0.15, 0.2) is 8.32 Å². The lowest BCUT2D eigenvalue weighted by atomic mass is 9.90. The third-order valence-electron chi connectivity index (χ3n) is 4.96. The minimum Gasteiger partial charge on any atom is -0.463 e. The molecule has 0 N–H and O–H groups in total. The molecule has 140 valence electrons. The number of carbonyl (C=O) groups excluding carboxylic acids is 1. The highest BCUT2D eigenvalue weighted by molar-refractivity contribution is 6.74. The number of hydrogen-bond acceptors (Lipinski definition) is 3. The van der Waals surface area contributed by atoms with E-state index in [1.165, 1.54) is 0 Å². The van der Waals surface area contributed by atoms with E-state index in [4.69, 9.17) is 9.16 Å². The molecule has 0 aliphatic heterocycles. The van der Waals surface area contributed by atoms with Crippen LogP contribution >= 0.6 is 0 Å². The van der Waals surface area contributed by atoms with Gasteiger partial charge >= 0.3 is 5.97 Å². The number of allylic oxidation sites excluding steroid dienone is 1. The summed E-state index contributed by atoms with van der Waals surface area (Å²) in [6.45, 7) is 23.5. The van der Waals surface area contributed by atoms with Gasteiger partial charge in [-0.25, -0.2) is 4.79 Å². The van der Waals surface area contributed by atoms with Crippen LogP contribution in [0.4, 0.5) is 0 Å². The molecule has 0 aliphatic rings. The van der Waals surface area contributed by atoms with Crippen molar-refractivity contribution in [2.24, 2.45) is 11.8 Å². The third-order valence-corrected chi connectivity index (χ3v) is 9.44. The van der Waals surface area contributed by atoms with Crippen LogP contribution < -0.4 is 0 Å². The largest absolute Gasteiger partial charge is 0.463 e. The van der Waals surface area contributed by atoms with Gasteiger partial charge in [-0.05, 0) is 44.3 Å². The summed E-state index contributed by atoms with van der Waals surface area (Å²) in [6, 6.07) is 0. The molecule has 3 nitrogen and oxygen atoms in total. The van der Waals surface area contributed by atoms with Crippen LogP contribution in [0.2, 0.25) is 18.1 Å². The van der Waals surface area contributed by atoms with Gasteiger partial charge in [-0.1, -0.05) is 46.8 Å². The van der Waals surface area contributed by atoms with E-state index in [2.05, 4.69) is 54.3 Å². The fourth-order valence-electron chi connectivity index (χ4n) is 2.46. The zero-order chi connectivity index (χ0) is 19.1. The van der Waals surface area contributed by atoms with E-state index in [1.807, 2.05) is 26.0 Å². The van der Waals surface area contributed by atoms with Crippen molar-refractivity contribution in [2.45, 2.75) is 79.1 Å². The quantitative estimate of drug-likeness (QED) is 0.229. The Morgan fingerprint density at radius 1 is 1.25 bits per heavy atom. The number of hydrogen-bond donors (Lipinski definition) is 0. The van der Waals surface area contributed by atoms with Gasteiger partial charge in [-0.3, -0.25) is 0 Å². The molecule has 0 aliphatic carbocycles. The van der Waals surface area contributed by atoms with Crippen LogP contribution in [0.5, 0.6) is 0 Å². The molecule has 0 saturated heterocycles. The lowest BCUT2D eigenvalue weighted by Crippen LogP contribution is -2.47. The smallest absolute Gasteiger partial charge is 0.333 e. The number of ether oxygens (including phenoxy) is 1. The average Bonchev–Trinajstić information content (AvgIpc) is 2.43. The molecule has 24 heavy (non-hydrogen) atoms. The summed E-state index contributed by atoms with van der Waals surface area (Å²) in [5.41, 5.74) is 0.652. The van der Waals surface area contributed by atoms with Gasteiger partial charge in [0, 0.05) is 11.5 Å². The van der Waals surface area contributed by atoms with Gasteiger partial charge in [0.1, 0.15) is 0 Å². The molecule has 0 aromatic rings. The van der Waals surface area contributed by atoms with Gasteiger partial charge < -0.3 is 9.16 Å². The molecule has 3 atom stereocenters. The molecule has 0 bridgehead atoms. The summed E-state index contributed by atoms with van der Waals surface area (Å²) < 4.78 is 11.8. The first kappa shape index (κ1) is 23.1. The Bertz CT molecular complexity index is 446. The summed E-state index contributed by atoms with van der Waals surface area (Å²) in [7, 11) is -1.90. The Labute approximate surface area is 150 Å². The Balaban J connectivity index is 5.45. The van der Waals surface area contributed by atoms with E-state index < -0.39 is 8.32 Å². The van der Waals surface area contributed by atoms with Crippen LogP contribution in [-0.2, 0) is 14.0 Å². The molecule has 0 unspecified atom stereocenters. The lowest BCUT2D eigenvalue weighted by Gasteiger charge is -2.42. The number of esters is 1. The first-order valence-electron chi connectivity index (χ1n) is 9.01. The molecule has 0 aromatic heterocycles. The zero-order valence-electron chi connectivity index (χ0n) is 17.2. The van der Waals surface area contributed by atoms with Gasteiger partial charge in [-0.2, -0.15) is 0 Å². The second-order valence-corrected chi connectivity index (χ2v) is 13.0. The molecule has 0 fully saturated rings. The van der Waals surface area contributed by atoms with Crippen LogP contribution in [0.1, 0.15) is 54.9 Å². The summed E-state index contributed by atoms with van der Waals surface area (Å²) in [5.74, 6) is 0.239. The molecule has 0 radical (unpaired) electrons. The van der Waals surface area contributed by atoms with Crippen LogP contribution in [0, 0.1) is 11.8 Å².